The van der Waals surface area contributed by atoms with Crippen molar-refractivity contribution in [2.45, 2.75) is 11.1 Å². The SMILES string of the molecule is O=[N+]([O-])c1ccccc1S(=O)(=O)NCC#Cc1ccccc1C(F)(F)F. The number of para-hydroxylation sites is 1. The van der Waals surface area contributed by atoms with Gasteiger partial charge in [-0.2, -0.15) is 17.9 Å². The van der Waals surface area contributed by atoms with Gasteiger partial charge in [-0.3, -0.25) is 10.1 Å². The largest absolute Gasteiger partial charge is 0.417 e. The second-order valence-electron chi connectivity index (χ2n) is 4.89. The lowest BCUT2D eigenvalue weighted by Crippen LogP contribution is -2.24. The van der Waals surface area contributed by atoms with Crippen LogP contribution < -0.4 is 4.72 Å². The molecular formula is C16H11F3N2O4S. The van der Waals surface area contributed by atoms with Crippen LogP contribution in [0.3, 0.4) is 0 Å². The fourth-order valence-electron chi connectivity index (χ4n) is 2.02. The Balaban J connectivity index is 2.20. The Morgan fingerprint density at radius 1 is 1.08 bits per heavy atom. The molecule has 2 rings (SSSR count). The summed E-state index contributed by atoms with van der Waals surface area (Å²) >= 11 is 0. The molecular weight excluding hydrogens is 373 g/mol. The van der Waals surface area contributed by atoms with Crippen LogP contribution >= 0.6 is 0 Å². The Bertz CT molecular complexity index is 992. The highest BCUT2D eigenvalue weighted by molar-refractivity contribution is 7.89. The molecule has 0 aliphatic carbocycles. The van der Waals surface area contributed by atoms with E-state index in [2.05, 4.69) is 11.8 Å². The fourth-order valence-corrected chi connectivity index (χ4v) is 3.12. The zero-order valence-corrected chi connectivity index (χ0v) is 13.8. The van der Waals surface area contributed by atoms with E-state index in [1.165, 1.54) is 24.3 Å². The maximum Gasteiger partial charge on any atom is 0.417 e. The van der Waals surface area contributed by atoms with Crippen LogP contribution in [0.15, 0.2) is 53.4 Å². The van der Waals surface area contributed by atoms with Crippen molar-refractivity contribution in [2.24, 2.45) is 0 Å². The third kappa shape index (κ3) is 4.59. The van der Waals surface area contributed by atoms with Crippen LogP contribution in [0.1, 0.15) is 11.1 Å². The van der Waals surface area contributed by atoms with Crippen LogP contribution in [0.5, 0.6) is 0 Å². The topological polar surface area (TPSA) is 89.3 Å². The average molecular weight is 384 g/mol. The summed E-state index contributed by atoms with van der Waals surface area (Å²) in [5.74, 6) is 4.53. The van der Waals surface area contributed by atoms with Crippen molar-refractivity contribution in [2.75, 3.05) is 6.54 Å². The molecule has 26 heavy (non-hydrogen) atoms. The quantitative estimate of drug-likeness (QED) is 0.499. The number of alkyl halides is 3. The third-order valence-corrected chi connectivity index (χ3v) is 4.61. The number of nitrogens with one attached hydrogen (secondary N) is 1. The number of rotatable bonds is 4. The number of nitrogens with zero attached hydrogens (tertiary/aromatic N) is 1. The summed E-state index contributed by atoms with van der Waals surface area (Å²) in [6, 6.07) is 9.31. The van der Waals surface area contributed by atoms with Crippen molar-refractivity contribution in [3.63, 3.8) is 0 Å². The van der Waals surface area contributed by atoms with Gasteiger partial charge in [-0.25, -0.2) is 8.42 Å². The van der Waals surface area contributed by atoms with Gasteiger partial charge in [0.15, 0.2) is 4.90 Å². The van der Waals surface area contributed by atoms with Crippen molar-refractivity contribution >= 4 is 15.7 Å². The number of hydrogen-bond acceptors (Lipinski definition) is 4. The molecule has 0 saturated carbocycles. The molecule has 0 unspecified atom stereocenters. The van der Waals surface area contributed by atoms with Crippen molar-refractivity contribution in [3.05, 3.63) is 69.8 Å². The highest BCUT2D eigenvalue weighted by Crippen LogP contribution is 2.31. The normalized spacial score (nSPS) is 11.5. The van der Waals surface area contributed by atoms with E-state index >= 15 is 0 Å². The van der Waals surface area contributed by atoms with Gasteiger partial charge in [-0.1, -0.05) is 36.1 Å². The lowest BCUT2D eigenvalue weighted by atomic mass is 10.1. The molecule has 1 N–H and O–H groups in total. The molecule has 0 radical (unpaired) electrons. The zero-order chi connectivity index (χ0) is 19.4. The molecule has 0 spiro atoms. The molecule has 0 atom stereocenters. The summed E-state index contributed by atoms with van der Waals surface area (Å²) in [5.41, 5.74) is -1.85. The molecule has 0 aromatic heterocycles. The summed E-state index contributed by atoms with van der Waals surface area (Å²) < 4.78 is 64.8. The van der Waals surface area contributed by atoms with E-state index < -0.39 is 43.8 Å². The van der Waals surface area contributed by atoms with Crippen molar-refractivity contribution in [1.29, 1.82) is 0 Å². The second kappa shape index (κ2) is 7.55. The van der Waals surface area contributed by atoms with Crippen molar-refractivity contribution in [1.82, 2.24) is 4.72 Å². The Kier molecular flexibility index (Phi) is 5.64. The Hall–Kier alpha value is -2.90. The maximum atomic E-state index is 12.8. The van der Waals surface area contributed by atoms with E-state index in [0.29, 0.717) is 0 Å². The van der Waals surface area contributed by atoms with Gasteiger partial charge < -0.3 is 0 Å². The van der Waals surface area contributed by atoms with Crippen LogP contribution in [0.2, 0.25) is 0 Å². The minimum absolute atomic E-state index is 0.301. The van der Waals surface area contributed by atoms with Gasteiger partial charge in [-0.15, -0.1) is 0 Å². The summed E-state index contributed by atoms with van der Waals surface area (Å²) in [4.78, 5) is 9.49. The third-order valence-electron chi connectivity index (χ3n) is 3.16. The predicted octanol–water partition coefficient (Wildman–Crippen LogP) is 2.94. The first-order chi connectivity index (χ1) is 12.1. The molecule has 136 valence electrons. The number of benzene rings is 2. The standard InChI is InChI=1S/C16H11F3N2O4S/c17-16(18,19)13-8-2-1-6-12(13)7-5-11-20-26(24,25)15-10-4-3-9-14(15)21(22)23/h1-4,6,8-10,20H,11H2. The van der Waals surface area contributed by atoms with Gasteiger partial charge >= 0.3 is 6.18 Å². The molecule has 0 fully saturated rings. The predicted molar refractivity (Wildman–Crippen MR) is 86.6 cm³/mol. The smallest absolute Gasteiger partial charge is 0.258 e. The van der Waals surface area contributed by atoms with Gasteiger partial charge in [0.25, 0.3) is 5.69 Å². The van der Waals surface area contributed by atoms with Crippen molar-refractivity contribution in [3.8, 4) is 11.8 Å². The molecule has 6 nitrogen and oxygen atoms in total. The number of halogens is 3. The highest BCUT2D eigenvalue weighted by atomic mass is 32.2. The first kappa shape index (κ1) is 19.4. The monoisotopic (exact) mass is 384 g/mol. The summed E-state index contributed by atoms with van der Waals surface area (Å²) in [6.45, 7) is -0.513. The molecule has 0 aliphatic heterocycles. The van der Waals surface area contributed by atoms with E-state index in [4.69, 9.17) is 0 Å². The number of hydrogen-bond donors (Lipinski definition) is 1. The average Bonchev–Trinajstić information content (AvgIpc) is 2.58. The molecule has 0 amide bonds. The molecule has 0 bridgehead atoms. The van der Waals surface area contributed by atoms with E-state index in [9.17, 15) is 31.7 Å². The maximum absolute atomic E-state index is 12.8. The van der Waals surface area contributed by atoms with Crippen LogP contribution in [-0.2, 0) is 16.2 Å². The van der Waals surface area contributed by atoms with E-state index in [-0.39, 0.29) is 5.56 Å². The van der Waals surface area contributed by atoms with E-state index in [1.807, 2.05) is 4.72 Å². The van der Waals surface area contributed by atoms with Crippen LogP contribution in [0.4, 0.5) is 18.9 Å². The van der Waals surface area contributed by atoms with Crippen LogP contribution in [0.25, 0.3) is 0 Å². The summed E-state index contributed by atoms with van der Waals surface area (Å²) in [6.07, 6.45) is -4.59. The van der Waals surface area contributed by atoms with Gasteiger partial charge in [0.2, 0.25) is 10.0 Å². The zero-order valence-electron chi connectivity index (χ0n) is 12.9. The molecule has 2 aromatic carbocycles. The number of nitro groups is 1. The fraction of sp³-hybridized carbons (Fsp3) is 0.125. The van der Waals surface area contributed by atoms with Crippen LogP contribution in [-0.4, -0.2) is 19.9 Å². The van der Waals surface area contributed by atoms with Gasteiger partial charge in [0, 0.05) is 11.6 Å². The van der Waals surface area contributed by atoms with Gasteiger partial charge in [-0.05, 0) is 18.2 Å². The molecule has 2 aromatic rings. The van der Waals surface area contributed by atoms with E-state index in [1.54, 1.807) is 0 Å². The Labute approximate surface area is 146 Å². The van der Waals surface area contributed by atoms with Crippen molar-refractivity contribution < 1.29 is 26.5 Å². The summed E-state index contributed by atoms with van der Waals surface area (Å²) in [5, 5.41) is 10.9. The van der Waals surface area contributed by atoms with Gasteiger partial charge in [0.05, 0.1) is 17.0 Å². The lowest BCUT2D eigenvalue weighted by molar-refractivity contribution is -0.387. The highest BCUT2D eigenvalue weighted by Gasteiger charge is 2.32. The van der Waals surface area contributed by atoms with Gasteiger partial charge in [0.1, 0.15) is 0 Å². The lowest BCUT2D eigenvalue weighted by Gasteiger charge is -2.08. The first-order valence-electron chi connectivity index (χ1n) is 7.01. The first-order valence-corrected chi connectivity index (χ1v) is 8.49. The van der Waals surface area contributed by atoms with E-state index in [0.717, 1.165) is 24.3 Å². The number of nitro benzene ring substituents is 1. The summed E-state index contributed by atoms with van der Waals surface area (Å²) in [7, 11) is -4.25. The second-order valence-corrected chi connectivity index (χ2v) is 6.63. The molecule has 10 heteroatoms. The minimum atomic E-state index is -4.59. The van der Waals surface area contributed by atoms with Crippen LogP contribution in [0, 0.1) is 22.0 Å². The molecule has 0 saturated heterocycles. The Morgan fingerprint density at radius 3 is 2.35 bits per heavy atom. The Morgan fingerprint density at radius 2 is 1.69 bits per heavy atom. The number of sulfonamides is 1. The minimum Gasteiger partial charge on any atom is -0.258 e. The molecule has 0 aliphatic rings. The molecule has 0 heterocycles.